The van der Waals surface area contributed by atoms with Crippen molar-refractivity contribution in [2.75, 3.05) is 10.6 Å². The van der Waals surface area contributed by atoms with Crippen molar-refractivity contribution in [3.63, 3.8) is 0 Å². The highest BCUT2D eigenvalue weighted by atomic mass is 32.2. The second kappa shape index (κ2) is 9.39. The summed E-state index contributed by atoms with van der Waals surface area (Å²) < 4.78 is 13.7. The lowest BCUT2D eigenvalue weighted by Gasteiger charge is -2.13. The van der Waals surface area contributed by atoms with Crippen molar-refractivity contribution in [1.29, 1.82) is 0 Å². The van der Waals surface area contributed by atoms with Crippen LogP contribution in [0.25, 0.3) is 0 Å². The number of amides is 2. The number of para-hydroxylation sites is 1. The topological polar surface area (TPSA) is 58.2 Å². The number of benzene rings is 3. The molecule has 0 radical (unpaired) electrons. The molecule has 4 nitrogen and oxygen atoms in total. The van der Waals surface area contributed by atoms with Crippen LogP contribution >= 0.6 is 11.8 Å². The predicted octanol–water partition coefficient (Wildman–Crippen LogP) is 5.51. The normalized spacial score (nSPS) is 11.6. The fourth-order valence-electron chi connectivity index (χ4n) is 2.73. The molecule has 0 aliphatic carbocycles. The van der Waals surface area contributed by atoms with E-state index >= 15 is 0 Å². The summed E-state index contributed by atoms with van der Waals surface area (Å²) in [7, 11) is 0. The third kappa shape index (κ3) is 5.45. The summed E-state index contributed by atoms with van der Waals surface area (Å²) in [5.74, 6) is -0.955. The molecule has 3 rings (SSSR count). The molecular formula is C23H21FN2O2S. The summed E-state index contributed by atoms with van der Waals surface area (Å²) in [6, 6.07) is 20.7. The number of carbonyl (C=O) groups excluding carboxylic acids is 2. The number of halogens is 1. The molecule has 0 spiro atoms. The van der Waals surface area contributed by atoms with Crippen LogP contribution in [0.4, 0.5) is 15.8 Å². The molecular weight excluding hydrogens is 387 g/mol. The molecule has 3 aromatic carbocycles. The van der Waals surface area contributed by atoms with Gasteiger partial charge in [-0.1, -0.05) is 36.4 Å². The molecule has 3 aromatic rings. The summed E-state index contributed by atoms with van der Waals surface area (Å²) in [6.45, 7) is 3.64. The van der Waals surface area contributed by atoms with E-state index in [0.717, 1.165) is 10.5 Å². The van der Waals surface area contributed by atoms with Gasteiger partial charge in [-0.15, -0.1) is 11.8 Å². The Morgan fingerprint density at radius 1 is 0.931 bits per heavy atom. The monoisotopic (exact) mass is 408 g/mol. The number of nitrogens with one attached hydrogen (secondary N) is 2. The number of anilines is 2. The minimum Gasteiger partial charge on any atom is -0.323 e. The number of hydrogen-bond donors (Lipinski definition) is 2. The molecule has 1 unspecified atom stereocenters. The molecule has 2 amide bonds. The quantitative estimate of drug-likeness (QED) is 0.529. The molecule has 0 aliphatic heterocycles. The van der Waals surface area contributed by atoms with Crippen molar-refractivity contribution in [2.45, 2.75) is 24.0 Å². The highest BCUT2D eigenvalue weighted by molar-refractivity contribution is 8.00. The number of hydrogen-bond acceptors (Lipinski definition) is 3. The van der Waals surface area contributed by atoms with E-state index in [0.29, 0.717) is 11.3 Å². The van der Waals surface area contributed by atoms with Crippen molar-refractivity contribution in [1.82, 2.24) is 0 Å². The van der Waals surface area contributed by atoms with E-state index in [4.69, 9.17) is 0 Å². The first-order valence-electron chi connectivity index (χ1n) is 9.13. The van der Waals surface area contributed by atoms with Gasteiger partial charge in [-0.2, -0.15) is 0 Å². The lowest BCUT2D eigenvalue weighted by molar-refractivity contribution is -0.115. The van der Waals surface area contributed by atoms with Crippen LogP contribution < -0.4 is 10.6 Å². The van der Waals surface area contributed by atoms with Crippen molar-refractivity contribution >= 4 is 35.0 Å². The fourth-order valence-corrected chi connectivity index (χ4v) is 3.65. The molecule has 6 heteroatoms. The SMILES string of the molecule is Cc1ccccc1C(=O)Nc1cccc(SC(C)C(=O)Nc2ccccc2F)c1. The zero-order valence-electron chi connectivity index (χ0n) is 16.1. The smallest absolute Gasteiger partial charge is 0.255 e. The van der Waals surface area contributed by atoms with Gasteiger partial charge in [-0.25, -0.2) is 4.39 Å². The largest absolute Gasteiger partial charge is 0.323 e. The Labute approximate surface area is 173 Å². The van der Waals surface area contributed by atoms with Crippen LogP contribution in [0.3, 0.4) is 0 Å². The van der Waals surface area contributed by atoms with Crippen LogP contribution in [0, 0.1) is 12.7 Å². The Balaban J connectivity index is 1.65. The maximum Gasteiger partial charge on any atom is 0.255 e. The summed E-state index contributed by atoms with van der Waals surface area (Å²) in [4.78, 5) is 25.7. The fraction of sp³-hybridized carbons (Fsp3) is 0.130. The molecule has 0 aromatic heterocycles. The molecule has 2 N–H and O–H groups in total. The lowest BCUT2D eigenvalue weighted by atomic mass is 10.1. The van der Waals surface area contributed by atoms with Crippen LogP contribution in [0.1, 0.15) is 22.8 Å². The molecule has 0 saturated carbocycles. The first-order valence-corrected chi connectivity index (χ1v) is 10.0. The average molecular weight is 408 g/mol. The average Bonchev–Trinajstić information content (AvgIpc) is 2.70. The molecule has 0 fully saturated rings. The van der Waals surface area contributed by atoms with E-state index in [-0.39, 0.29) is 17.5 Å². The number of aryl methyl sites for hydroxylation is 1. The molecule has 0 saturated heterocycles. The standard InChI is InChI=1S/C23H21FN2O2S/c1-15-8-3-4-11-19(15)23(28)25-17-9-7-10-18(14-17)29-16(2)22(27)26-21-13-6-5-12-20(21)24/h3-14,16H,1-2H3,(H,25,28)(H,26,27). The van der Waals surface area contributed by atoms with Gasteiger partial charge in [0.05, 0.1) is 10.9 Å². The Kier molecular flexibility index (Phi) is 6.67. The second-order valence-corrected chi connectivity index (χ2v) is 7.94. The maximum atomic E-state index is 13.7. The summed E-state index contributed by atoms with van der Waals surface area (Å²) >= 11 is 1.33. The van der Waals surface area contributed by atoms with E-state index in [1.54, 1.807) is 31.2 Å². The highest BCUT2D eigenvalue weighted by Gasteiger charge is 2.16. The minimum absolute atomic E-state index is 0.157. The van der Waals surface area contributed by atoms with Gasteiger partial charge in [-0.05, 0) is 55.8 Å². The molecule has 29 heavy (non-hydrogen) atoms. The van der Waals surface area contributed by atoms with E-state index in [9.17, 15) is 14.0 Å². The van der Waals surface area contributed by atoms with Crippen LogP contribution in [-0.4, -0.2) is 17.1 Å². The van der Waals surface area contributed by atoms with Gasteiger partial charge in [0.2, 0.25) is 5.91 Å². The third-order valence-corrected chi connectivity index (χ3v) is 5.39. The van der Waals surface area contributed by atoms with Gasteiger partial charge in [0, 0.05) is 16.1 Å². The summed E-state index contributed by atoms with van der Waals surface area (Å²) in [5, 5.41) is 5.04. The molecule has 1 atom stereocenters. The van der Waals surface area contributed by atoms with Crippen LogP contribution in [-0.2, 0) is 4.79 Å². The zero-order valence-corrected chi connectivity index (χ0v) is 16.9. The van der Waals surface area contributed by atoms with Gasteiger partial charge in [0.25, 0.3) is 5.91 Å². The highest BCUT2D eigenvalue weighted by Crippen LogP contribution is 2.27. The van der Waals surface area contributed by atoms with Gasteiger partial charge in [-0.3, -0.25) is 9.59 Å². The first-order chi connectivity index (χ1) is 13.9. The lowest BCUT2D eigenvalue weighted by Crippen LogP contribution is -2.22. The first kappa shape index (κ1) is 20.6. The Morgan fingerprint density at radius 2 is 1.66 bits per heavy atom. The van der Waals surface area contributed by atoms with Crippen molar-refractivity contribution < 1.29 is 14.0 Å². The summed E-state index contributed by atoms with van der Waals surface area (Å²) in [5.41, 5.74) is 2.31. The summed E-state index contributed by atoms with van der Waals surface area (Å²) in [6.07, 6.45) is 0. The van der Waals surface area contributed by atoms with E-state index in [2.05, 4.69) is 10.6 Å². The van der Waals surface area contributed by atoms with Crippen LogP contribution in [0.5, 0.6) is 0 Å². The van der Waals surface area contributed by atoms with E-state index in [1.165, 1.54) is 23.9 Å². The van der Waals surface area contributed by atoms with Crippen molar-refractivity contribution in [3.05, 3.63) is 89.7 Å². The van der Waals surface area contributed by atoms with Gasteiger partial charge < -0.3 is 10.6 Å². The predicted molar refractivity (Wildman–Crippen MR) is 116 cm³/mol. The minimum atomic E-state index is -0.473. The Hall–Kier alpha value is -3.12. The van der Waals surface area contributed by atoms with Crippen molar-refractivity contribution in [3.8, 4) is 0 Å². The molecule has 0 bridgehead atoms. The van der Waals surface area contributed by atoms with Crippen LogP contribution in [0.15, 0.2) is 77.7 Å². The van der Waals surface area contributed by atoms with Crippen molar-refractivity contribution in [2.24, 2.45) is 0 Å². The van der Waals surface area contributed by atoms with E-state index in [1.807, 2.05) is 43.3 Å². The maximum absolute atomic E-state index is 13.7. The number of thioether (sulfide) groups is 1. The zero-order chi connectivity index (χ0) is 20.8. The van der Waals surface area contributed by atoms with Gasteiger partial charge >= 0.3 is 0 Å². The molecule has 0 heterocycles. The van der Waals surface area contributed by atoms with Gasteiger partial charge in [0.1, 0.15) is 5.82 Å². The Morgan fingerprint density at radius 3 is 2.41 bits per heavy atom. The Bertz CT molecular complexity index is 1040. The number of rotatable bonds is 6. The van der Waals surface area contributed by atoms with Crippen LogP contribution in [0.2, 0.25) is 0 Å². The van der Waals surface area contributed by atoms with Gasteiger partial charge in [0.15, 0.2) is 0 Å². The molecule has 148 valence electrons. The van der Waals surface area contributed by atoms with E-state index < -0.39 is 11.1 Å². The molecule has 0 aliphatic rings. The third-order valence-electron chi connectivity index (χ3n) is 4.30. The second-order valence-electron chi connectivity index (χ2n) is 6.53. The number of carbonyl (C=O) groups is 2.